The zero-order chi connectivity index (χ0) is 30.3. The Balaban J connectivity index is 1.78. The summed E-state index contributed by atoms with van der Waals surface area (Å²) in [7, 11) is 0. The molecule has 0 radical (unpaired) electrons. The predicted octanol–water partition coefficient (Wildman–Crippen LogP) is 6.99. The van der Waals surface area contributed by atoms with Gasteiger partial charge in [0.1, 0.15) is 6.61 Å². The van der Waals surface area contributed by atoms with E-state index in [1.54, 1.807) is 4.90 Å². The SMILES string of the molecule is CC(=O)N(Cc1cc(C(F)(F)F)cc(C(F)(F)F)c1)C1CCN(C(COC=O)C2CC2)c2ccc(C(F)(F)F)cc21. The first-order valence-corrected chi connectivity index (χ1v) is 12.6. The molecular weight excluding hydrogens is 571 g/mol. The summed E-state index contributed by atoms with van der Waals surface area (Å²) in [5.74, 6) is -0.641. The van der Waals surface area contributed by atoms with Crippen LogP contribution in [0.3, 0.4) is 0 Å². The Morgan fingerprint density at radius 3 is 2.00 bits per heavy atom. The average molecular weight is 596 g/mol. The molecule has 14 heteroatoms. The molecule has 0 spiro atoms. The largest absolute Gasteiger partial charge is 0.466 e. The highest BCUT2D eigenvalue weighted by atomic mass is 19.4. The van der Waals surface area contributed by atoms with Gasteiger partial charge in [-0.2, -0.15) is 39.5 Å². The maximum atomic E-state index is 13.7. The van der Waals surface area contributed by atoms with Crippen LogP contribution < -0.4 is 4.90 Å². The molecule has 1 fully saturated rings. The summed E-state index contributed by atoms with van der Waals surface area (Å²) < 4.78 is 127. The number of fused-ring (bicyclic) bond motifs is 1. The van der Waals surface area contributed by atoms with Gasteiger partial charge in [0.15, 0.2) is 0 Å². The molecule has 2 atom stereocenters. The van der Waals surface area contributed by atoms with Gasteiger partial charge < -0.3 is 14.5 Å². The second-order valence-corrected chi connectivity index (χ2v) is 10.2. The standard InChI is InChI=1S/C27H25F9N2O3/c1-15(40)38(12-16-8-19(26(31,32)33)10-20(9-16)27(34,35)36)23-6-7-37(24(13-41-14-39)17-2-3-17)22-5-4-18(11-21(22)23)25(28,29)30/h4-5,8-11,14,17,23-24H,2-3,6-7,12-13H2,1H3. The lowest BCUT2D eigenvalue weighted by molar-refractivity contribution is -0.143. The van der Waals surface area contributed by atoms with Gasteiger partial charge in [0.25, 0.3) is 6.47 Å². The summed E-state index contributed by atoms with van der Waals surface area (Å²) in [6, 6.07) is 2.44. The Labute approximate surface area is 228 Å². The fraction of sp³-hybridized carbons (Fsp3) is 0.481. The number of benzene rings is 2. The third-order valence-electron chi connectivity index (χ3n) is 7.35. The van der Waals surface area contributed by atoms with Gasteiger partial charge in [0, 0.05) is 25.7 Å². The highest BCUT2D eigenvalue weighted by Gasteiger charge is 2.42. The van der Waals surface area contributed by atoms with Crippen LogP contribution in [0.25, 0.3) is 0 Å². The van der Waals surface area contributed by atoms with E-state index >= 15 is 0 Å². The van der Waals surface area contributed by atoms with Crippen LogP contribution in [-0.4, -0.2) is 36.5 Å². The number of carbonyl (C=O) groups excluding carboxylic acids is 2. The van der Waals surface area contributed by atoms with Gasteiger partial charge >= 0.3 is 18.5 Å². The van der Waals surface area contributed by atoms with Crippen molar-refractivity contribution in [2.75, 3.05) is 18.1 Å². The highest BCUT2D eigenvalue weighted by Crippen LogP contribution is 2.46. The molecule has 2 unspecified atom stereocenters. The Morgan fingerprint density at radius 2 is 1.51 bits per heavy atom. The van der Waals surface area contributed by atoms with E-state index in [9.17, 15) is 49.1 Å². The zero-order valence-electron chi connectivity index (χ0n) is 21.5. The maximum Gasteiger partial charge on any atom is 0.416 e. The Kier molecular flexibility index (Phi) is 8.25. The van der Waals surface area contributed by atoms with Crippen molar-refractivity contribution < 1.29 is 53.8 Å². The lowest BCUT2D eigenvalue weighted by Gasteiger charge is -2.44. The molecule has 41 heavy (non-hydrogen) atoms. The minimum atomic E-state index is -5.11. The molecule has 2 aromatic carbocycles. The maximum absolute atomic E-state index is 13.7. The summed E-state index contributed by atoms with van der Waals surface area (Å²) >= 11 is 0. The first kappa shape index (κ1) is 30.5. The molecule has 2 aliphatic rings. The van der Waals surface area contributed by atoms with Crippen LogP contribution in [0.15, 0.2) is 36.4 Å². The number of amides is 1. The lowest BCUT2D eigenvalue weighted by Crippen LogP contribution is -2.47. The van der Waals surface area contributed by atoms with E-state index in [1.807, 2.05) is 0 Å². The molecule has 0 saturated heterocycles. The van der Waals surface area contributed by atoms with Crippen LogP contribution in [-0.2, 0) is 39.4 Å². The van der Waals surface area contributed by atoms with E-state index < -0.39 is 59.3 Å². The van der Waals surface area contributed by atoms with E-state index in [4.69, 9.17) is 4.74 Å². The monoisotopic (exact) mass is 596 g/mol. The van der Waals surface area contributed by atoms with Crippen molar-refractivity contribution >= 4 is 18.1 Å². The second kappa shape index (κ2) is 11.1. The fourth-order valence-corrected chi connectivity index (χ4v) is 5.31. The molecule has 0 bridgehead atoms. The minimum Gasteiger partial charge on any atom is -0.466 e. The van der Waals surface area contributed by atoms with Crippen LogP contribution in [0.5, 0.6) is 0 Å². The predicted molar refractivity (Wildman–Crippen MR) is 127 cm³/mol. The fourth-order valence-electron chi connectivity index (χ4n) is 5.31. The number of carbonyl (C=O) groups is 2. The van der Waals surface area contributed by atoms with Crippen LogP contribution in [0, 0.1) is 5.92 Å². The number of hydrogen-bond donors (Lipinski definition) is 0. The summed E-state index contributed by atoms with van der Waals surface area (Å²) in [5.41, 5.74) is -4.29. The van der Waals surface area contributed by atoms with Crippen molar-refractivity contribution in [2.45, 2.75) is 63.3 Å². The molecule has 1 saturated carbocycles. The van der Waals surface area contributed by atoms with Gasteiger partial charge in [-0.1, -0.05) is 0 Å². The van der Waals surface area contributed by atoms with Crippen LogP contribution in [0.2, 0.25) is 0 Å². The molecule has 224 valence electrons. The summed E-state index contributed by atoms with van der Waals surface area (Å²) in [6.07, 6.45) is -13.3. The third-order valence-corrected chi connectivity index (χ3v) is 7.35. The molecule has 2 aromatic rings. The van der Waals surface area contributed by atoms with E-state index in [1.165, 1.54) is 6.07 Å². The second-order valence-electron chi connectivity index (χ2n) is 10.2. The Hall–Kier alpha value is -3.45. The summed E-state index contributed by atoms with van der Waals surface area (Å²) in [4.78, 5) is 26.4. The summed E-state index contributed by atoms with van der Waals surface area (Å²) in [5, 5.41) is 0. The van der Waals surface area contributed by atoms with E-state index in [0.29, 0.717) is 17.8 Å². The van der Waals surface area contributed by atoms with Crippen molar-refractivity contribution in [3.63, 3.8) is 0 Å². The Morgan fingerprint density at radius 1 is 0.927 bits per heavy atom. The number of rotatable bonds is 8. The van der Waals surface area contributed by atoms with Gasteiger partial charge in [-0.15, -0.1) is 0 Å². The smallest absolute Gasteiger partial charge is 0.416 e. The topological polar surface area (TPSA) is 49.9 Å². The van der Waals surface area contributed by atoms with Crippen molar-refractivity contribution in [3.05, 3.63) is 64.2 Å². The highest BCUT2D eigenvalue weighted by molar-refractivity contribution is 5.75. The van der Waals surface area contributed by atoms with Gasteiger partial charge in [-0.25, -0.2) is 0 Å². The molecule has 0 N–H and O–H groups in total. The number of ether oxygens (including phenoxy) is 1. The van der Waals surface area contributed by atoms with Crippen LogP contribution in [0.1, 0.15) is 60.0 Å². The van der Waals surface area contributed by atoms with Gasteiger partial charge in [-0.3, -0.25) is 9.59 Å². The first-order valence-electron chi connectivity index (χ1n) is 12.6. The number of nitrogens with zero attached hydrogens (tertiary/aromatic N) is 2. The van der Waals surface area contributed by atoms with E-state index in [-0.39, 0.29) is 49.6 Å². The Bertz CT molecular complexity index is 1250. The van der Waals surface area contributed by atoms with Crippen molar-refractivity contribution in [2.24, 2.45) is 5.92 Å². The lowest BCUT2D eigenvalue weighted by atomic mass is 9.90. The van der Waals surface area contributed by atoms with Gasteiger partial charge in [-0.05, 0) is 72.7 Å². The van der Waals surface area contributed by atoms with Gasteiger partial charge in [0.2, 0.25) is 5.91 Å². The number of anilines is 1. The van der Waals surface area contributed by atoms with Gasteiger partial charge in [0.05, 0.1) is 28.8 Å². The van der Waals surface area contributed by atoms with Crippen molar-refractivity contribution in [3.8, 4) is 0 Å². The molecule has 5 nitrogen and oxygen atoms in total. The number of alkyl halides is 9. The van der Waals surface area contributed by atoms with Crippen molar-refractivity contribution in [1.82, 2.24) is 4.90 Å². The molecule has 1 heterocycles. The third kappa shape index (κ3) is 6.89. The van der Waals surface area contributed by atoms with E-state index in [2.05, 4.69) is 0 Å². The van der Waals surface area contributed by atoms with Crippen LogP contribution >= 0.6 is 0 Å². The van der Waals surface area contributed by atoms with Crippen LogP contribution in [0.4, 0.5) is 45.2 Å². The normalized spacial score (nSPS) is 18.5. The molecular formula is C27H25F9N2O3. The molecule has 1 aliphatic carbocycles. The minimum absolute atomic E-state index is 0.0276. The van der Waals surface area contributed by atoms with Crippen molar-refractivity contribution in [1.29, 1.82) is 0 Å². The summed E-state index contributed by atoms with van der Waals surface area (Å²) in [6.45, 7) is 0.760. The van der Waals surface area contributed by atoms with E-state index in [0.717, 1.165) is 36.8 Å². The molecule has 1 amide bonds. The number of hydrogen-bond acceptors (Lipinski definition) is 4. The number of halogens is 9. The quantitative estimate of drug-likeness (QED) is 0.244. The molecule has 4 rings (SSSR count). The molecule has 1 aliphatic heterocycles. The average Bonchev–Trinajstić information content (AvgIpc) is 3.71. The zero-order valence-corrected chi connectivity index (χ0v) is 21.5. The molecule has 0 aromatic heterocycles. The first-order chi connectivity index (χ1) is 19.0.